The van der Waals surface area contributed by atoms with Crippen LogP contribution in [0.4, 0.5) is 0 Å². The summed E-state index contributed by atoms with van der Waals surface area (Å²) in [5, 5.41) is 10.4. The summed E-state index contributed by atoms with van der Waals surface area (Å²) in [7, 11) is 0. The average molecular weight is 472 g/mol. The van der Waals surface area contributed by atoms with Crippen LogP contribution in [0.3, 0.4) is 0 Å². The summed E-state index contributed by atoms with van der Waals surface area (Å²) in [6.45, 7) is 0. The van der Waals surface area contributed by atoms with Crippen molar-refractivity contribution < 1.29 is 0 Å². The average Bonchev–Trinajstić information content (AvgIpc) is 3.16. The highest BCUT2D eigenvalue weighted by Gasteiger charge is 2.16. The molecule has 0 spiro atoms. The summed E-state index contributed by atoms with van der Waals surface area (Å²) < 4.78 is 3.48. The zero-order valence-corrected chi connectivity index (χ0v) is 18.8. The maximum Gasteiger partial charge on any atom is 0.0552 e. The zero-order chi connectivity index (χ0) is 21.2. The highest BCUT2D eigenvalue weighted by molar-refractivity contribution is 9.10. The molecule has 0 N–H and O–H groups in total. The lowest BCUT2D eigenvalue weighted by Crippen LogP contribution is -1.93. The van der Waals surface area contributed by atoms with Gasteiger partial charge in [-0.15, -0.1) is 0 Å². The summed E-state index contributed by atoms with van der Waals surface area (Å²) in [6, 6.07) is 39.6. The van der Waals surface area contributed by atoms with Crippen LogP contribution in [0, 0.1) is 0 Å². The van der Waals surface area contributed by atoms with Crippen LogP contribution in [0.25, 0.3) is 59.8 Å². The van der Waals surface area contributed by atoms with Crippen molar-refractivity contribution >= 4 is 70.1 Å². The quantitative estimate of drug-likeness (QED) is 0.210. The first-order valence-corrected chi connectivity index (χ1v) is 11.6. The molecule has 0 amide bonds. The molecule has 2 heteroatoms. The molecular weight excluding hydrogens is 454 g/mol. The number of para-hydroxylation sites is 1. The van der Waals surface area contributed by atoms with Gasteiger partial charge in [0.15, 0.2) is 0 Å². The van der Waals surface area contributed by atoms with Crippen molar-refractivity contribution in [2.24, 2.45) is 0 Å². The van der Waals surface area contributed by atoms with Gasteiger partial charge in [-0.25, -0.2) is 0 Å². The molecule has 0 aliphatic carbocycles. The second-order valence-electron chi connectivity index (χ2n) is 8.34. The third kappa shape index (κ3) is 2.44. The number of benzene rings is 6. The Hall–Kier alpha value is -3.62. The molecular formula is C30H18BrN. The van der Waals surface area contributed by atoms with E-state index in [9.17, 15) is 0 Å². The van der Waals surface area contributed by atoms with Gasteiger partial charge in [-0.3, -0.25) is 0 Å². The van der Waals surface area contributed by atoms with Crippen LogP contribution >= 0.6 is 15.9 Å². The highest BCUT2D eigenvalue weighted by Crippen LogP contribution is 2.41. The maximum atomic E-state index is 3.69. The molecule has 1 nitrogen and oxygen atoms in total. The van der Waals surface area contributed by atoms with E-state index in [0.29, 0.717) is 0 Å². The Bertz CT molecular complexity index is 1830. The zero-order valence-electron chi connectivity index (χ0n) is 17.2. The lowest BCUT2D eigenvalue weighted by molar-refractivity contribution is 1.18. The van der Waals surface area contributed by atoms with E-state index in [-0.39, 0.29) is 0 Å². The van der Waals surface area contributed by atoms with Gasteiger partial charge in [0.05, 0.1) is 11.0 Å². The second kappa shape index (κ2) is 6.69. The number of aromatic nitrogens is 1. The third-order valence-corrected chi connectivity index (χ3v) is 7.10. The highest BCUT2D eigenvalue weighted by atomic mass is 79.9. The Morgan fingerprint density at radius 3 is 1.59 bits per heavy atom. The molecule has 0 aliphatic heterocycles. The van der Waals surface area contributed by atoms with Crippen LogP contribution < -0.4 is 0 Å². The molecule has 0 saturated carbocycles. The summed E-state index contributed by atoms with van der Waals surface area (Å²) in [4.78, 5) is 0. The molecule has 32 heavy (non-hydrogen) atoms. The Labute approximate surface area is 193 Å². The van der Waals surface area contributed by atoms with Gasteiger partial charge in [-0.05, 0) is 68.7 Å². The van der Waals surface area contributed by atoms with Crippen LogP contribution in [0.2, 0.25) is 0 Å². The lowest BCUT2D eigenvalue weighted by Gasteiger charge is -2.12. The van der Waals surface area contributed by atoms with Gasteiger partial charge >= 0.3 is 0 Å². The molecule has 0 fully saturated rings. The maximum absolute atomic E-state index is 3.69. The van der Waals surface area contributed by atoms with Crippen LogP contribution in [0.5, 0.6) is 0 Å². The molecule has 0 aliphatic rings. The van der Waals surface area contributed by atoms with Crippen molar-refractivity contribution in [3.63, 3.8) is 0 Å². The van der Waals surface area contributed by atoms with E-state index in [1.54, 1.807) is 0 Å². The molecule has 6 aromatic carbocycles. The Kier molecular flexibility index (Phi) is 3.76. The molecule has 7 rings (SSSR count). The smallest absolute Gasteiger partial charge is 0.0552 e. The number of halogens is 1. The molecule has 1 heterocycles. The minimum atomic E-state index is 1.09. The minimum absolute atomic E-state index is 1.09. The van der Waals surface area contributed by atoms with E-state index in [2.05, 4.69) is 130 Å². The van der Waals surface area contributed by atoms with Gasteiger partial charge < -0.3 is 4.57 Å². The predicted octanol–water partition coefficient (Wildman–Crippen LogP) is 9.01. The predicted molar refractivity (Wildman–Crippen MR) is 141 cm³/mol. The van der Waals surface area contributed by atoms with E-state index in [0.717, 1.165) is 4.47 Å². The normalized spacial score (nSPS) is 11.9. The fraction of sp³-hybridized carbons (Fsp3) is 0. The molecule has 0 bridgehead atoms. The van der Waals surface area contributed by atoms with Crippen LogP contribution in [0.15, 0.2) is 114 Å². The Balaban J connectivity index is 1.77. The third-order valence-electron chi connectivity index (χ3n) is 6.61. The van der Waals surface area contributed by atoms with Gasteiger partial charge in [-0.2, -0.15) is 0 Å². The molecule has 7 aromatic rings. The van der Waals surface area contributed by atoms with Gasteiger partial charge in [0.2, 0.25) is 0 Å². The fourth-order valence-electron chi connectivity index (χ4n) is 5.24. The molecule has 1 aromatic heterocycles. The van der Waals surface area contributed by atoms with Gasteiger partial charge in [0.25, 0.3) is 0 Å². The van der Waals surface area contributed by atoms with E-state index >= 15 is 0 Å². The van der Waals surface area contributed by atoms with Gasteiger partial charge in [0, 0.05) is 20.9 Å². The van der Waals surface area contributed by atoms with E-state index in [1.807, 2.05) is 0 Å². The number of nitrogens with zero attached hydrogens (tertiary/aromatic N) is 1. The van der Waals surface area contributed by atoms with Crippen molar-refractivity contribution in [1.29, 1.82) is 0 Å². The van der Waals surface area contributed by atoms with Crippen molar-refractivity contribution in [1.82, 2.24) is 4.57 Å². The fourth-order valence-corrected chi connectivity index (χ4v) is 5.59. The van der Waals surface area contributed by atoms with Crippen LogP contribution in [-0.2, 0) is 0 Å². The standard InChI is InChI=1S/C30H18BrN/c31-19-14-15-25-28-17-26-23-12-6-4-10-21(23)22-11-5-7-13-24(22)27(26)18-30(28)32(29(25)16-19)20-8-2-1-3-9-20/h1-18H. The van der Waals surface area contributed by atoms with Crippen LogP contribution in [-0.4, -0.2) is 4.57 Å². The number of hydrogen-bond donors (Lipinski definition) is 0. The monoisotopic (exact) mass is 471 g/mol. The van der Waals surface area contributed by atoms with Crippen molar-refractivity contribution in [3.8, 4) is 5.69 Å². The first-order valence-electron chi connectivity index (χ1n) is 10.8. The Morgan fingerprint density at radius 1 is 0.406 bits per heavy atom. The first kappa shape index (κ1) is 18.0. The van der Waals surface area contributed by atoms with Gasteiger partial charge in [-0.1, -0.05) is 88.7 Å². The first-order chi connectivity index (χ1) is 15.8. The van der Waals surface area contributed by atoms with Crippen molar-refractivity contribution in [2.75, 3.05) is 0 Å². The van der Waals surface area contributed by atoms with Crippen molar-refractivity contribution in [2.45, 2.75) is 0 Å². The van der Waals surface area contributed by atoms with Crippen LogP contribution in [0.1, 0.15) is 0 Å². The topological polar surface area (TPSA) is 4.93 Å². The van der Waals surface area contributed by atoms with E-state index < -0.39 is 0 Å². The number of fused-ring (bicyclic) bond motifs is 9. The molecule has 150 valence electrons. The molecule has 0 radical (unpaired) electrons. The minimum Gasteiger partial charge on any atom is -0.309 e. The number of hydrogen-bond acceptors (Lipinski definition) is 0. The summed E-state index contributed by atoms with van der Waals surface area (Å²) in [5.74, 6) is 0. The number of rotatable bonds is 1. The molecule has 0 atom stereocenters. The van der Waals surface area contributed by atoms with E-state index in [4.69, 9.17) is 0 Å². The molecule has 0 unspecified atom stereocenters. The van der Waals surface area contributed by atoms with Gasteiger partial charge in [0.1, 0.15) is 0 Å². The Morgan fingerprint density at radius 2 is 0.938 bits per heavy atom. The van der Waals surface area contributed by atoms with E-state index in [1.165, 1.54) is 59.8 Å². The lowest BCUT2D eigenvalue weighted by atomic mass is 9.93. The molecule has 0 saturated heterocycles. The summed E-state index contributed by atoms with van der Waals surface area (Å²) in [5.41, 5.74) is 3.62. The second-order valence-corrected chi connectivity index (χ2v) is 9.25. The SMILES string of the molecule is Brc1ccc2c3cc4c5ccccc5c5ccccc5c4cc3n(-c3ccccc3)c2c1. The summed E-state index contributed by atoms with van der Waals surface area (Å²) >= 11 is 3.69. The van der Waals surface area contributed by atoms with Crippen molar-refractivity contribution in [3.05, 3.63) is 114 Å². The largest absolute Gasteiger partial charge is 0.309 e. The summed E-state index contributed by atoms with van der Waals surface area (Å²) in [6.07, 6.45) is 0.